The monoisotopic (exact) mass is 365 g/mol. The van der Waals surface area contributed by atoms with Gasteiger partial charge in [0.15, 0.2) is 0 Å². The van der Waals surface area contributed by atoms with Crippen molar-refractivity contribution in [3.8, 4) is 0 Å². The van der Waals surface area contributed by atoms with Crippen molar-refractivity contribution in [2.75, 3.05) is 0 Å². The Balaban J connectivity index is 1.47. The number of hydrogen-bond donors (Lipinski definition) is 1. The molecule has 2 aromatic carbocycles. The number of amides is 1. The van der Waals surface area contributed by atoms with Gasteiger partial charge in [-0.25, -0.2) is 4.79 Å². The highest BCUT2D eigenvalue weighted by Gasteiger charge is 2.50. The molecule has 0 saturated carbocycles. The van der Waals surface area contributed by atoms with Gasteiger partial charge >= 0.3 is 6.09 Å². The van der Waals surface area contributed by atoms with Crippen LogP contribution in [0.15, 0.2) is 48.5 Å². The molecule has 27 heavy (non-hydrogen) atoms. The van der Waals surface area contributed by atoms with Crippen LogP contribution in [0.2, 0.25) is 0 Å². The standard InChI is InChI=1S/C23H27NO3/c1-16-10-17(2)12-19(11-16)23(26)13-20-8-9-21(14-23)24(20)22(25)27-15-18-6-4-3-5-7-18/h3-7,10-12,20-21,26H,8-9,13-15H2,1-2H3. The number of hydrogen-bond acceptors (Lipinski definition) is 3. The Labute approximate surface area is 160 Å². The van der Waals surface area contributed by atoms with Gasteiger partial charge in [0.1, 0.15) is 6.61 Å². The molecule has 4 heteroatoms. The molecular weight excluding hydrogens is 338 g/mol. The maximum absolute atomic E-state index is 12.7. The van der Waals surface area contributed by atoms with Gasteiger partial charge in [0, 0.05) is 24.9 Å². The van der Waals surface area contributed by atoms with Crippen LogP contribution in [-0.2, 0) is 16.9 Å². The number of ether oxygens (including phenoxy) is 1. The van der Waals surface area contributed by atoms with E-state index in [1.165, 1.54) is 0 Å². The Kier molecular flexibility index (Phi) is 4.68. The van der Waals surface area contributed by atoms with Crippen LogP contribution in [0, 0.1) is 13.8 Å². The molecule has 2 unspecified atom stereocenters. The van der Waals surface area contributed by atoms with E-state index < -0.39 is 5.60 Å². The molecular formula is C23H27NO3. The number of aliphatic hydroxyl groups is 1. The van der Waals surface area contributed by atoms with Crippen LogP contribution >= 0.6 is 0 Å². The summed E-state index contributed by atoms with van der Waals surface area (Å²) in [7, 11) is 0. The highest BCUT2D eigenvalue weighted by molar-refractivity contribution is 5.69. The van der Waals surface area contributed by atoms with E-state index in [-0.39, 0.29) is 24.8 Å². The third-order valence-electron chi connectivity index (χ3n) is 5.94. The van der Waals surface area contributed by atoms with Gasteiger partial charge in [0.05, 0.1) is 5.60 Å². The number of rotatable bonds is 3. The van der Waals surface area contributed by atoms with E-state index in [0.29, 0.717) is 12.8 Å². The zero-order valence-corrected chi connectivity index (χ0v) is 16.0. The second kappa shape index (κ2) is 7.01. The van der Waals surface area contributed by atoms with Crippen molar-refractivity contribution in [1.29, 1.82) is 0 Å². The maximum atomic E-state index is 12.7. The van der Waals surface area contributed by atoms with Gasteiger partial charge in [0.25, 0.3) is 0 Å². The number of carbonyl (C=O) groups excluding carboxylic acids is 1. The number of benzene rings is 2. The predicted molar refractivity (Wildman–Crippen MR) is 104 cm³/mol. The van der Waals surface area contributed by atoms with E-state index in [0.717, 1.165) is 35.1 Å². The molecule has 2 bridgehead atoms. The first-order valence-electron chi connectivity index (χ1n) is 9.75. The number of nitrogens with zero attached hydrogens (tertiary/aromatic N) is 1. The van der Waals surface area contributed by atoms with Gasteiger partial charge < -0.3 is 14.7 Å². The Morgan fingerprint density at radius 1 is 1.07 bits per heavy atom. The molecule has 2 saturated heterocycles. The van der Waals surface area contributed by atoms with E-state index in [4.69, 9.17) is 4.74 Å². The van der Waals surface area contributed by atoms with Crippen molar-refractivity contribution in [3.05, 3.63) is 70.8 Å². The topological polar surface area (TPSA) is 49.8 Å². The van der Waals surface area contributed by atoms with Crippen LogP contribution in [0.25, 0.3) is 0 Å². The molecule has 142 valence electrons. The Morgan fingerprint density at radius 3 is 2.26 bits per heavy atom. The van der Waals surface area contributed by atoms with Crippen molar-refractivity contribution in [2.24, 2.45) is 0 Å². The first-order valence-corrected chi connectivity index (χ1v) is 9.75. The molecule has 0 aliphatic carbocycles. The minimum Gasteiger partial charge on any atom is -0.445 e. The minimum absolute atomic E-state index is 0.0397. The highest BCUT2D eigenvalue weighted by Crippen LogP contribution is 2.46. The zero-order valence-electron chi connectivity index (χ0n) is 16.0. The lowest BCUT2D eigenvalue weighted by atomic mass is 9.79. The molecule has 0 radical (unpaired) electrons. The summed E-state index contributed by atoms with van der Waals surface area (Å²) in [5.74, 6) is 0. The van der Waals surface area contributed by atoms with E-state index >= 15 is 0 Å². The third-order valence-corrected chi connectivity index (χ3v) is 5.94. The van der Waals surface area contributed by atoms with Crippen LogP contribution in [0.4, 0.5) is 4.79 Å². The summed E-state index contributed by atoms with van der Waals surface area (Å²) < 4.78 is 5.57. The summed E-state index contributed by atoms with van der Waals surface area (Å²) in [5, 5.41) is 11.4. The lowest BCUT2D eigenvalue weighted by Crippen LogP contribution is -2.52. The van der Waals surface area contributed by atoms with Gasteiger partial charge in [0.2, 0.25) is 0 Å². The Hall–Kier alpha value is -2.33. The molecule has 1 N–H and O–H groups in total. The summed E-state index contributed by atoms with van der Waals surface area (Å²) >= 11 is 0. The van der Waals surface area contributed by atoms with Crippen molar-refractivity contribution in [2.45, 2.75) is 63.8 Å². The quantitative estimate of drug-likeness (QED) is 0.874. The average molecular weight is 365 g/mol. The van der Waals surface area contributed by atoms with Gasteiger partial charge in [-0.1, -0.05) is 59.7 Å². The SMILES string of the molecule is Cc1cc(C)cc(C2(O)CC3CCC(C2)N3C(=O)OCc2ccccc2)c1. The van der Waals surface area contributed by atoms with E-state index in [2.05, 4.69) is 32.0 Å². The molecule has 4 nitrogen and oxygen atoms in total. The van der Waals surface area contributed by atoms with E-state index in [9.17, 15) is 9.90 Å². The fourth-order valence-corrected chi connectivity index (χ4v) is 4.80. The molecule has 0 spiro atoms. The number of aryl methyl sites for hydroxylation is 2. The van der Waals surface area contributed by atoms with Gasteiger partial charge in [-0.3, -0.25) is 0 Å². The fourth-order valence-electron chi connectivity index (χ4n) is 4.80. The smallest absolute Gasteiger partial charge is 0.410 e. The van der Waals surface area contributed by atoms with Crippen molar-refractivity contribution in [1.82, 2.24) is 4.90 Å². The summed E-state index contributed by atoms with van der Waals surface area (Å²) in [6.45, 7) is 4.41. The Bertz CT molecular complexity index is 799. The molecule has 4 rings (SSSR count). The first-order chi connectivity index (χ1) is 12.9. The van der Waals surface area contributed by atoms with Crippen LogP contribution in [0.5, 0.6) is 0 Å². The maximum Gasteiger partial charge on any atom is 0.410 e. The normalized spacial score (nSPS) is 26.9. The molecule has 2 aromatic rings. The predicted octanol–water partition coefficient (Wildman–Crippen LogP) is 4.45. The van der Waals surface area contributed by atoms with Gasteiger partial charge in [-0.2, -0.15) is 0 Å². The summed E-state index contributed by atoms with van der Waals surface area (Å²) in [4.78, 5) is 14.6. The van der Waals surface area contributed by atoms with Crippen LogP contribution in [0.1, 0.15) is 47.9 Å². The number of fused-ring (bicyclic) bond motifs is 2. The number of piperidine rings is 1. The van der Waals surface area contributed by atoms with Crippen molar-refractivity contribution in [3.63, 3.8) is 0 Å². The van der Waals surface area contributed by atoms with Gasteiger partial charge in [-0.15, -0.1) is 0 Å². The fraction of sp³-hybridized carbons (Fsp3) is 0.435. The summed E-state index contributed by atoms with van der Waals surface area (Å²) in [5.41, 5.74) is 3.43. The molecule has 2 aliphatic heterocycles. The minimum atomic E-state index is -0.862. The summed E-state index contributed by atoms with van der Waals surface area (Å²) in [6.07, 6.45) is 2.75. The molecule has 2 heterocycles. The van der Waals surface area contributed by atoms with Crippen molar-refractivity contribution < 1.29 is 14.6 Å². The largest absolute Gasteiger partial charge is 0.445 e. The van der Waals surface area contributed by atoms with Crippen LogP contribution in [0.3, 0.4) is 0 Å². The molecule has 2 aliphatic rings. The first kappa shape index (κ1) is 18.1. The second-order valence-corrected chi connectivity index (χ2v) is 8.15. The Morgan fingerprint density at radius 2 is 1.67 bits per heavy atom. The molecule has 2 fully saturated rings. The second-order valence-electron chi connectivity index (χ2n) is 8.15. The van der Waals surface area contributed by atoms with E-state index in [1.807, 2.05) is 35.2 Å². The molecule has 1 amide bonds. The molecule has 0 aromatic heterocycles. The van der Waals surface area contributed by atoms with E-state index in [1.54, 1.807) is 0 Å². The summed E-state index contributed by atoms with van der Waals surface area (Å²) in [6, 6.07) is 16.1. The van der Waals surface area contributed by atoms with Crippen LogP contribution in [-0.4, -0.2) is 28.2 Å². The van der Waals surface area contributed by atoms with Gasteiger partial charge in [-0.05, 0) is 37.8 Å². The lowest BCUT2D eigenvalue weighted by molar-refractivity contribution is -0.0537. The zero-order chi connectivity index (χ0) is 19.0. The average Bonchev–Trinajstić information content (AvgIpc) is 2.92. The van der Waals surface area contributed by atoms with Crippen molar-refractivity contribution >= 4 is 6.09 Å². The third kappa shape index (κ3) is 3.59. The lowest BCUT2D eigenvalue weighted by Gasteiger charge is -2.43. The number of carbonyl (C=O) groups is 1. The molecule has 2 atom stereocenters. The van der Waals surface area contributed by atoms with Crippen LogP contribution < -0.4 is 0 Å². The highest BCUT2D eigenvalue weighted by atomic mass is 16.6.